The zero-order valence-electron chi connectivity index (χ0n) is 10.2. The maximum Gasteiger partial charge on any atom is 0.156 e. The number of rotatable bonds is 5. The Morgan fingerprint density at radius 3 is 2.18 bits per heavy atom. The van der Waals surface area contributed by atoms with E-state index in [9.17, 15) is 0 Å². The third-order valence-electron chi connectivity index (χ3n) is 2.64. The molecule has 1 N–H and O–H groups in total. The highest BCUT2D eigenvalue weighted by atomic mass is 35.5. The van der Waals surface area contributed by atoms with E-state index in [1.54, 1.807) is 0 Å². The van der Waals surface area contributed by atoms with Gasteiger partial charge >= 0.3 is 0 Å². The summed E-state index contributed by atoms with van der Waals surface area (Å²) < 4.78 is 5.10. The predicted molar refractivity (Wildman–Crippen MR) is 71.1 cm³/mol. The maximum atomic E-state index is 9.07. The first-order valence-corrected chi connectivity index (χ1v) is 6.07. The molecule has 0 aliphatic rings. The van der Waals surface area contributed by atoms with E-state index in [1.165, 1.54) is 7.11 Å². The molecule has 0 spiro atoms. The van der Waals surface area contributed by atoms with Gasteiger partial charge in [0.05, 0.1) is 17.2 Å². The van der Waals surface area contributed by atoms with Gasteiger partial charge in [-0.05, 0) is 38.2 Å². The summed E-state index contributed by atoms with van der Waals surface area (Å²) in [6, 6.07) is 3.74. The summed E-state index contributed by atoms with van der Waals surface area (Å²) in [7, 11) is 5.43. The summed E-state index contributed by atoms with van der Waals surface area (Å²) in [4.78, 5) is 2.02. The fourth-order valence-corrected chi connectivity index (χ4v) is 2.47. The molecule has 1 atom stereocenters. The van der Waals surface area contributed by atoms with Crippen molar-refractivity contribution in [1.82, 2.24) is 4.90 Å². The molecule has 5 heteroatoms. The van der Waals surface area contributed by atoms with Crippen LogP contribution in [0.5, 0.6) is 5.75 Å². The van der Waals surface area contributed by atoms with Gasteiger partial charge in [-0.15, -0.1) is 0 Å². The summed E-state index contributed by atoms with van der Waals surface area (Å²) >= 11 is 12.2. The summed E-state index contributed by atoms with van der Waals surface area (Å²) in [6.45, 7) is 0.115. The average molecular weight is 278 g/mol. The highest BCUT2D eigenvalue weighted by molar-refractivity contribution is 6.37. The summed E-state index contributed by atoms with van der Waals surface area (Å²) in [5.41, 5.74) is 0.972. The van der Waals surface area contributed by atoms with Crippen LogP contribution in [-0.2, 0) is 0 Å². The van der Waals surface area contributed by atoms with Crippen molar-refractivity contribution in [1.29, 1.82) is 0 Å². The van der Waals surface area contributed by atoms with Crippen LogP contribution in [0.4, 0.5) is 0 Å². The Balaban J connectivity index is 3.13. The second-order valence-electron chi connectivity index (χ2n) is 4.01. The van der Waals surface area contributed by atoms with Crippen LogP contribution >= 0.6 is 23.2 Å². The van der Waals surface area contributed by atoms with Gasteiger partial charge in [0.2, 0.25) is 0 Å². The van der Waals surface area contributed by atoms with Crippen LogP contribution in [0.15, 0.2) is 12.1 Å². The number of ether oxygens (including phenoxy) is 1. The molecule has 96 valence electrons. The molecule has 1 unspecified atom stereocenters. The number of aliphatic hydroxyl groups is 1. The molecule has 0 aromatic heterocycles. The van der Waals surface area contributed by atoms with E-state index in [1.807, 2.05) is 31.1 Å². The van der Waals surface area contributed by atoms with Crippen molar-refractivity contribution in [2.75, 3.05) is 27.8 Å². The highest BCUT2D eigenvalue weighted by Crippen LogP contribution is 2.37. The lowest BCUT2D eigenvalue weighted by Gasteiger charge is -2.24. The zero-order valence-corrected chi connectivity index (χ0v) is 11.7. The molecule has 17 heavy (non-hydrogen) atoms. The number of hydrogen-bond acceptors (Lipinski definition) is 3. The van der Waals surface area contributed by atoms with Crippen LogP contribution in [0, 0.1) is 0 Å². The van der Waals surface area contributed by atoms with Gasteiger partial charge in [-0.3, -0.25) is 0 Å². The summed E-state index contributed by atoms with van der Waals surface area (Å²) in [5.74, 6) is 0.485. The number of hydrogen-bond donors (Lipinski definition) is 1. The molecule has 1 aromatic carbocycles. The Morgan fingerprint density at radius 2 is 1.82 bits per heavy atom. The molecular formula is C12H17Cl2NO2. The third kappa shape index (κ3) is 3.49. The lowest BCUT2D eigenvalue weighted by molar-refractivity contribution is 0.211. The minimum Gasteiger partial charge on any atom is -0.494 e. The minimum atomic E-state index is 0.0842. The van der Waals surface area contributed by atoms with Crippen molar-refractivity contribution in [3.8, 4) is 5.75 Å². The zero-order chi connectivity index (χ0) is 13.0. The molecule has 0 bridgehead atoms. The summed E-state index contributed by atoms with van der Waals surface area (Å²) in [5, 5.41) is 10.0. The number of nitrogens with zero attached hydrogens (tertiary/aromatic N) is 1. The van der Waals surface area contributed by atoms with E-state index in [-0.39, 0.29) is 12.6 Å². The van der Waals surface area contributed by atoms with E-state index in [4.69, 9.17) is 33.0 Å². The van der Waals surface area contributed by atoms with Crippen molar-refractivity contribution < 1.29 is 9.84 Å². The smallest absolute Gasteiger partial charge is 0.156 e. The van der Waals surface area contributed by atoms with Crippen LogP contribution in [0.2, 0.25) is 10.0 Å². The average Bonchev–Trinajstić information content (AvgIpc) is 2.24. The minimum absolute atomic E-state index is 0.0842. The monoisotopic (exact) mass is 277 g/mol. The van der Waals surface area contributed by atoms with Gasteiger partial charge in [0.1, 0.15) is 0 Å². The Morgan fingerprint density at radius 1 is 1.29 bits per heavy atom. The number of aliphatic hydroxyl groups excluding tert-OH is 1. The largest absolute Gasteiger partial charge is 0.494 e. The van der Waals surface area contributed by atoms with Gasteiger partial charge in [-0.25, -0.2) is 0 Å². The maximum absolute atomic E-state index is 9.07. The van der Waals surface area contributed by atoms with Gasteiger partial charge < -0.3 is 14.7 Å². The molecule has 0 aliphatic heterocycles. The first kappa shape index (κ1) is 14.6. The lowest BCUT2D eigenvalue weighted by atomic mass is 10.0. The molecule has 0 aliphatic carbocycles. The van der Waals surface area contributed by atoms with Crippen molar-refractivity contribution in [3.05, 3.63) is 27.7 Å². The molecule has 0 amide bonds. The standard InChI is InChI=1S/C12H17Cl2NO2/c1-15(2)11(4-5-16)8-6-9(13)12(17-3)10(14)7-8/h6-7,11,16H,4-5H2,1-3H3. The molecule has 1 aromatic rings. The quantitative estimate of drug-likeness (QED) is 0.898. The van der Waals surface area contributed by atoms with Gasteiger partial charge in [-0.2, -0.15) is 0 Å². The van der Waals surface area contributed by atoms with Crippen LogP contribution in [-0.4, -0.2) is 37.8 Å². The van der Waals surface area contributed by atoms with Crippen molar-refractivity contribution in [2.45, 2.75) is 12.5 Å². The Labute approximate surface area is 112 Å². The fourth-order valence-electron chi connectivity index (χ4n) is 1.81. The van der Waals surface area contributed by atoms with Gasteiger partial charge in [0, 0.05) is 12.6 Å². The second-order valence-corrected chi connectivity index (χ2v) is 4.82. The SMILES string of the molecule is COc1c(Cl)cc(C(CCO)N(C)C)cc1Cl. The predicted octanol–water partition coefficient (Wildman–Crippen LogP) is 2.99. The van der Waals surface area contributed by atoms with E-state index < -0.39 is 0 Å². The molecule has 0 radical (unpaired) electrons. The molecule has 0 heterocycles. The Hall–Kier alpha value is -0.480. The number of methoxy groups -OCH3 is 1. The van der Waals surface area contributed by atoms with Gasteiger partial charge in [0.15, 0.2) is 5.75 Å². The Kier molecular flexibility index (Phi) is 5.53. The molecule has 0 saturated carbocycles. The lowest BCUT2D eigenvalue weighted by Crippen LogP contribution is -2.21. The van der Waals surface area contributed by atoms with E-state index >= 15 is 0 Å². The van der Waals surface area contributed by atoms with E-state index in [0.29, 0.717) is 22.2 Å². The topological polar surface area (TPSA) is 32.7 Å². The molecular weight excluding hydrogens is 261 g/mol. The highest BCUT2D eigenvalue weighted by Gasteiger charge is 2.17. The van der Waals surface area contributed by atoms with Crippen LogP contribution in [0.3, 0.4) is 0 Å². The van der Waals surface area contributed by atoms with E-state index in [0.717, 1.165) is 5.56 Å². The fraction of sp³-hybridized carbons (Fsp3) is 0.500. The van der Waals surface area contributed by atoms with Gasteiger partial charge in [0.25, 0.3) is 0 Å². The molecule has 1 rings (SSSR count). The molecule has 0 fully saturated rings. The molecule has 0 saturated heterocycles. The van der Waals surface area contributed by atoms with Crippen LogP contribution in [0.25, 0.3) is 0 Å². The van der Waals surface area contributed by atoms with E-state index in [2.05, 4.69) is 0 Å². The molecule has 3 nitrogen and oxygen atoms in total. The number of benzene rings is 1. The van der Waals surface area contributed by atoms with Crippen LogP contribution < -0.4 is 4.74 Å². The van der Waals surface area contributed by atoms with Gasteiger partial charge in [-0.1, -0.05) is 23.2 Å². The third-order valence-corrected chi connectivity index (χ3v) is 3.20. The second kappa shape index (κ2) is 6.45. The van der Waals surface area contributed by atoms with Crippen molar-refractivity contribution in [2.24, 2.45) is 0 Å². The first-order chi connectivity index (χ1) is 8.01. The van der Waals surface area contributed by atoms with Crippen molar-refractivity contribution >= 4 is 23.2 Å². The first-order valence-electron chi connectivity index (χ1n) is 5.31. The summed E-state index contributed by atoms with van der Waals surface area (Å²) in [6.07, 6.45) is 0.631. The Bertz CT molecular complexity index is 360. The normalized spacial score (nSPS) is 12.9. The van der Waals surface area contributed by atoms with Crippen molar-refractivity contribution in [3.63, 3.8) is 0 Å². The number of halogens is 2. The van der Waals surface area contributed by atoms with Crippen LogP contribution in [0.1, 0.15) is 18.0 Å².